The van der Waals surface area contributed by atoms with Crippen LogP contribution < -0.4 is 15.0 Å². The smallest absolute Gasteiger partial charge is 0.262 e. The van der Waals surface area contributed by atoms with Gasteiger partial charge in [-0.2, -0.15) is 0 Å². The highest BCUT2D eigenvalue weighted by atomic mass is 16.5. The molecule has 1 aliphatic rings. The zero-order chi connectivity index (χ0) is 17.1. The molecule has 1 unspecified atom stereocenters. The van der Waals surface area contributed by atoms with Gasteiger partial charge in [0.2, 0.25) is 0 Å². The highest BCUT2D eigenvalue weighted by molar-refractivity contribution is 6.05. The lowest BCUT2D eigenvalue weighted by molar-refractivity contribution is -0.127. The number of anilines is 1. The van der Waals surface area contributed by atoms with Crippen molar-refractivity contribution < 1.29 is 18.7 Å². The summed E-state index contributed by atoms with van der Waals surface area (Å²) in [4.78, 5) is 26.1. The van der Waals surface area contributed by atoms with Crippen LogP contribution >= 0.6 is 0 Å². The first-order valence-corrected chi connectivity index (χ1v) is 7.62. The number of fused-ring (bicyclic) bond motifs is 1. The van der Waals surface area contributed by atoms with E-state index in [-0.39, 0.29) is 18.4 Å². The average Bonchev–Trinajstić information content (AvgIpc) is 3.03. The Morgan fingerprint density at radius 3 is 2.75 bits per heavy atom. The van der Waals surface area contributed by atoms with Crippen molar-refractivity contribution in [1.29, 1.82) is 0 Å². The number of benzene rings is 1. The Morgan fingerprint density at radius 2 is 2.04 bits per heavy atom. The molecule has 1 N–H and O–H groups in total. The van der Waals surface area contributed by atoms with Gasteiger partial charge in [-0.05, 0) is 37.3 Å². The summed E-state index contributed by atoms with van der Waals surface area (Å²) in [7, 11) is 1.54. The third-order valence-electron chi connectivity index (χ3n) is 3.73. The summed E-state index contributed by atoms with van der Waals surface area (Å²) in [6, 6.07) is 10.8. The van der Waals surface area contributed by atoms with Gasteiger partial charge in [-0.1, -0.05) is 12.1 Å². The molecule has 24 heavy (non-hydrogen) atoms. The normalized spacial score (nSPS) is 16.6. The number of hydrogen-bond donors (Lipinski definition) is 1. The summed E-state index contributed by atoms with van der Waals surface area (Å²) >= 11 is 0. The molecular formula is C18H18N2O4. The van der Waals surface area contributed by atoms with Gasteiger partial charge in [-0.25, -0.2) is 0 Å². The molecule has 0 radical (unpaired) electrons. The van der Waals surface area contributed by atoms with Crippen molar-refractivity contribution in [2.45, 2.75) is 13.0 Å². The maximum absolute atomic E-state index is 12.6. The summed E-state index contributed by atoms with van der Waals surface area (Å²) in [5, 5.41) is 2.55. The van der Waals surface area contributed by atoms with E-state index in [9.17, 15) is 9.59 Å². The largest absolute Gasteiger partial charge is 0.477 e. The Morgan fingerprint density at radius 1 is 1.25 bits per heavy atom. The zero-order valence-corrected chi connectivity index (χ0v) is 13.5. The highest BCUT2D eigenvalue weighted by Gasteiger charge is 2.32. The van der Waals surface area contributed by atoms with Gasteiger partial charge in [0, 0.05) is 13.1 Å². The Kier molecular flexibility index (Phi) is 4.37. The number of ether oxygens (including phenoxy) is 1. The van der Waals surface area contributed by atoms with E-state index in [2.05, 4.69) is 5.32 Å². The summed E-state index contributed by atoms with van der Waals surface area (Å²) in [6.45, 7) is 1.99. The molecule has 1 aromatic heterocycles. The molecule has 3 rings (SSSR count). The monoisotopic (exact) mass is 326 g/mol. The fraction of sp³-hybridized carbons (Fsp3) is 0.222. The topological polar surface area (TPSA) is 71.8 Å². The molecule has 0 aliphatic carbocycles. The molecule has 6 heteroatoms. The highest BCUT2D eigenvalue weighted by Crippen LogP contribution is 2.33. The molecule has 0 saturated carbocycles. The molecule has 0 spiro atoms. The van der Waals surface area contributed by atoms with Crippen LogP contribution in [0.5, 0.6) is 5.75 Å². The molecule has 2 heterocycles. The van der Waals surface area contributed by atoms with Gasteiger partial charge in [0.1, 0.15) is 17.3 Å². The van der Waals surface area contributed by atoms with Crippen molar-refractivity contribution in [1.82, 2.24) is 5.32 Å². The van der Waals surface area contributed by atoms with Crippen LogP contribution in [-0.2, 0) is 9.59 Å². The maximum atomic E-state index is 12.6. The van der Waals surface area contributed by atoms with Crippen LogP contribution in [0, 0.1) is 6.92 Å². The van der Waals surface area contributed by atoms with Crippen molar-refractivity contribution >= 4 is 23.6 Å². The Balaban J connectivity index is 1.86. The van der Waals surface area contributed by atoms with Crippen molar-refractivity contribution in [2.75, 3.05) is 18.5 Å². The Bertz CT molecular complexity index is 794. The summed E-state index contributed by atoms with van der Waals surface area (Å²) in [5.41, 5.74) is 0.642. The summed E-state index contributed by atoms with van der Waals surface area (Å²) < 4.78 is 11.1. The molecule has 2 aromatic rings. The maximum Gasteiger partial charge on any atom is 0.262 e. The van der Waals surface area contributed by atoms with Gasteiger partial charge in [0.15, 0.2) is 6.10 Å². The van der Waals surface area contributed by atoms with E-state index in [0.717, 1.165) is 5.76 Å². The first-order chi connectivity index (χ1) is 11.6. The van der Waals surface area contributed by atoms with Crippen LogP contribution in [-0.4, -0.2) is 31.5 Å². The molecule has 1 aromatic carbocycles. The standard InChI is InChI=1S/C18H18N2O4/c1-12-7-8-13(23-12)9-10-17(21)20-11-16(18(22)19-2)24-15-6-4-3-5-14(15)20/h3-10,16H,11H2,1-2H3,(H,19,22)/b10-9+. The number of aryl methyl sites for hydroxylation is 1. The Hall–Kier alpha value is -3.02. The van der Waals surface area contributed by atoms with E-state index in [4.69, 9.17) is 9.15 Å². The second kappa shape index (κ2) is 6.62. The van der Waals surface area contributed by atoms with E-state index in [1.807, 2.05) is 19.1 Å². The average molecular weight is 326 g/mol. The molecular weight excluding hydrogens is 308 g/mol. The van der Waals surface area contributed by atoms with Crippen LogP contribution in [0.2, 0.25) is 0 Å². The predicted molar refractivity (Wildman–Crippen MR) is 89.8 cm³/mol. The predicted octanol–water partition coefficient (Wildman–Crippen LogP) is 2.14. The van der Waals surface area contributed by atoms with Gasteiger partial charge in [-0.15, -0.1) is 0 Å². The molecule has 0 fully saturated rings. The van der Waals surface area contributed by atoms with Crippen LogP contribution in [0.15, 0.2) is 46.9 Å². The van der Waals surface area contributed by atoms with Crippen molar-refractivity contribution in [3.8, 4) is 5.75 Å². The molecule has 2 amide bonds. The van der Waals surface area contributed by atoms with Crippen LogP contribution in [0.25, 0.3) is 6.08 Å². The Labute approximate surface area is 139 Å². The lowest BCUT2D eigenvalue weighted by atomic mass is 10.1. The van der Waals surface area contributed by atoms with E-state index >= 15 is 0 Å². The first-order valence-electron chi connectivity index (χ1n) is 7.62. The molecule has 6 nitrogen and oxygen atoms in total. The van der Waals surface area contributed by atoms with Gasteiger partial charge in [0.05, 0.1) is 12.2 Å². The third kappa shape index (κ3) is 3.17. The number of carbonyl (C=O) groups excluding carboxylic acids is 2. The van der Waals surface area contributed by atoms with E-state index in [1.54, 1.807) is 30.3 Å². The number of likely N-dealkylation sites (N-methyl/N-ethyl adjacent to an activating group) is 1. The minimum absolute atomic E-state index is 0.150. The van der Waals surface area contributed by atoms with Crippen molar-refractivity contribution in [3.63, 3.8) is 0 Å². The fourth-order valence-corrected chi connectivity index (χ4v) is 2.53. The number of nitrogens with zero attached hydrogens (tertiary/aromatic N) is 1. The summed E-state index contributed by atoms with van der Waals surface area (Å²) in [6.07, 6.45) is 2.30. The van der Waals surface area contributed by atoms with Gasteiger partial charge < -0.3 is 19.4 Å². The van der Waals surface area contributed by atoms with Crippen LogP contribution in [0.1, 0.15) is 11.5 Å². The number of furan rings is 1. The SMILES string of the molecule is CNC(=O)C1CN(C(=O)/C=C/c2ccc(C)o2)c2ccccc2O1. The zero-order valence-electron chi connectivity index (χ0n) is 13.5. The number of carbonyl (C=O) groups is 2. The van der Waals surface area contributed by atoms with Gasteiger partial charge in [-0.3, -0.25) is 9.59 Å². The second-order valence-electron chi connectivity index (χ2n) is 5.42. The lowest BCUT2D eigenvalue weighted by Crippen LogP contribution is -2.49. The number of amides is 2. The fourth-order valence-electron chi connectivity index (χ4n) is 2.53. The van der Waals surface area contributed by atoms with E-state index in [1.165, 1.54) is 18.0 Å². The first kappa shape index (κ1) is 15.9. The number of para-hydroxylation sites is 2. The van der Waals surface area contributed by atoms with E-state index < -0.39 is 6.10 Å². The quantitative estimate of drug-likeness (QED) is 0.877. The van der Waals surface area contributed by atoms with E-state index in [0.29, 0.717) is 17.2 Å². The van der Waals surface area contributed by atoms with Gasteiger partial charge in [0.25, 0.3) is 11.8 Å². The van der Waals surface area contributed by atoms with Crippen molar-refractivity contribution in [3.05, 3.63) is 54.0 Å². The minimum Gasteiger partial charge on any atom is -0.477 e. The third-order valence-corrected chi connectivity index (χ3v) is 3.73. The molecule has 0 bridgehead atoms. The molecule has 1 atom stereocenters. The minimum atomic E-state index is -0.742. The summed E-state index contributed by atoms with van der Waals surface area (Å²) in [5.74, 6) is 1.37. The number of hydrogen-bond acceptors (Lipinski definition) is 4. The molecule has 124 valence electrons. The van der Waals surface area contributed by atoms with Crippen LogP contribution in [0.4, 0.5) is 5.69 Å². The van der Waals surface area contributed by atoms with Crippen LogP contribution in [0.3, 0.4) is 0 Å². The lowest BCUT2D eigenvalue weighted by Gasteiger charge is -2.33. The molecule has 1 aliphatic heterocycles. The van der Waals surface area contributed by atoms with Crippen molar-refractivity contribution in [2.24, 2.45) is 0 Å². The number of rotatable bonds is 3. The van der Waals surface area contributed by atoms with Gasteiger partial charge >= 0.3 is 0 Å². The second-order valence-corrected chi connectivity index (χ2v) is 5.42. The number of nitrogens with one attached hydrogen (secondary N) is 1. The molecule has 0 saturated heterocycles.